The number of para-hydroxylation sites is 1. The standard InChI is InChI=1S/C22H26N4O2/c1-4-26(5-2)18-13-11-16(12-14-18)20-19(15(3)23-22(28)25-20)21(27)24-17-9-7-6-8-10-17/h6-14,20H,4-5H2,1-3H3,(H,24,27)(H2,23,25,28)/t20-/m1/s1. The van der Waals surface area contributed by atoms with Gasteiger partial charge >= 0.3 is 6.03 Å². The van der Waals surface area contributed by atoms with Gasteiger partial charge in [0.1, 0.15) is 0 Å². The van der Waals surface area contributed by atoms with E-state index < -0.39 is 6.04 Å². The van der Waals surface area contributed by atoms with Gasteiger partial charge in [-0.25, -0.2) is 4.79 Å². The lowest BCUT2D eigenvalue weighted by Gasteiger charge is -2.29. The van der Waals surface area contributed by atoms with Gasteiger partial charge in [0.2, 0.25) is 0 Å². The number of benzene rings is 2. The monoisotopic (exact) mass is 378 g/mol. The molecule has 3 rings (SSSR count). The fourth-order valence-electron chi connectivity index (χ4n) is 3.43. The van der Waals surface area contributed by atoms with Crippen LogP contribution in [0.1, 0.15) is 32.4 Å². The first-order valence-corrected chi connectivity index (χ1v) is 9.53. The molecule has 0 unspecified atom stereocenters. The molecule has 1 aliphatic rings. The van der Waals surface area contributed by atoms with E-state index >= 15 is 0 Å². The minimum Gasteiger partial charge on any atom is -0.372 e. The van der Waals surface area contributed by atoms with Crippen LogP contribution in [-0.2, 0) is 4.79 Å². The van der Waals surface area contributed by atoms with Gasteiger partial charge in [0.05, 0.1) is 11.6 Å². The molecule has 0 bridgehead atoms. The van der Waals surface area contributed by atoms with E-state index in [4.69, 9.17) is 0 Å². The number of allylic oxidation sites excluding steroid dienone is 1. The normalized spacial score (nSPS) is 16.2. The zero-order valence-corrected chi connectivity index (χ0v) is 16.5. The van der Waals surface area contributed by atoms with Gasteiger partial charge in [-0.05, 0) is 50.6 Å². The molecule has 0 radical (unpaired) electrons. The van der Waals surface area contributed by atoms with Crippen molar-refractivity contribution in [1.82, 2.24) is 10.6 Å². The average molecular weight is 378 g/mol. The molecule has 0 fully saturated rings. The summed E-state index contributed by atoms with van der Waals surface area (Å²) in [5.74, 6) is -0.242. The van der Waals surface area contributed by atoms with Gasteiger partial charge in [-0.15, -0.1) is 0 Å². The van der Waals surface area contributed by atoms with Crippen LogP contribution in [0.3, 0.4) is 0 Å². The van der Waals surface area contributed by atoms with Crippen molar-refractivity contribution in [3.8, 4) is 0 Å². The molecule has 1 aliphatic heterocycles. The highest BCUT2D eigenvalue weighted by Gasteiger charge is 2.31. The van der Waals surface area contributed by atoms with Gasteiger partial charge in [-0.2, -0.15) is 0 Å². The van der Waals surface area contributed by atoms with Crippen LogP contribution in [0.25, 0.3) is 0 Å². The summed E-state index contributed by atoms with van der Waals surface area (Å²) >= 11 is 0. The Morgan fingerprint density at radius 3 is 2.29 bits per heavy atom. The van der Waals surface area contributed by atoms with E-state index in [2.05, 4.69) is 34.7 Å². The molecule has 6 nitrogen and oxygen atoms in total. The second-order valence-corrected chi connectivity index (χ2v) is 6.65. The molecule has 1 heterocycles. The summed E-state index contributed by atoms with van der Waals surface area (Å²) in [6.07, 6.45) is 0. The molecular formula is C22H26N4O2. The van der Waals surface area contributed by atoms with Crippen LogP contribution in [0.2, 0.25) is 0 Å². The summed E-state index contributed by atoms with van der Waals surface area (Å²) in [6, 6.07) is 16.4. The summed E-state index contributed by atoms with van der Waals surface area (Å²) in [5.41, 5.74) is 3.74. The van der Waals surface area contributed by atoms with Crippen LogP contribution in [0.5, 0.6) is 0 Å². The number of rotatable bonds is 6. The Balaban J connectivity index is 1.90. The summed E-state index contributed by atoms with van der Waals surface area (Å²) in [4.78, 5) is 27.3. The van der Waals surface area contributed by atoms with Gasteiger partial charge in [0.15, 0.2) is 0 Å². The van der Waals surface area contributed by atoms with Crippen molar-refractivity contribution in [1.29, 1.82) is 0 Å². The van der Waals surface area contributed by atoms with Crippen LogP contribution in [0.15, 0.2) is 65.9 Å². The number of hydrogen-bond donors (Lipinski definition) is 3. The third kappa shape index (κ3) is 4.17. The lowest BCUT2D eigenvalue weighted by molar-refractivity contribution is -0.113. The maximum Gasteiger partial charge on any atom is 0.319 e. The van der Waals surface area contributed by atoms with Crippen LogP contribution in [0.4, 0.5) is 16.2 Å². The predicted molar refractivity (Wildman–Crippen MR) is 112 cm³/mol. The molecule has 0 saturated heterocycles. The molecule has 0 spiro atoms. The van der Waals surface area contributed by atoms with Crippen molar-refractivity contribution in [2.75, 3.05) is 23.3 Å². The van der Waals surface area contributed by atoms with Gasteiger partial charge < -0.3 is 20.9 Å². The van der Waals surface area contributed by atoms with E-state index in [1.165, 1.54) is 0 Å². The lowest BCUT2D eigenvalue weighted by atomic mass is 9.94. The van der Waals surface area contributed by atoms with Gasteiger partial charge in [0, 0.05) is 30.2 Å². The minimum absolute atomic E-state index is 0.242. The summed E-state index contributed by atoms with van der Waals surface area (Å²) in [5, 5.41) is 8.49. The molecule has 3 amide bonds. The first kappa shape index (κ1) is 19.5. The Morgan fingerprint density at radius 1 is 1.04 bits per heavy atom. The maximum atomic E-state index is 13.0. The Bertz CT molecular complexity index is 871. The van der Waals surface area contributed by atoms with Crippen molar-refractivity contribution in [3.05, 3.63) is 71.4 Å². The molecule has 28 heavy (non-hydrogen) atoms. The Morgan fingerprint density at radius 2 is 1.68 bits per heavy atom. The SMILES string of the molecule is CCN(CC)c1ccc([C@H]2NC(=O)NC(C)=C2C(=O)Nc2ccccc2)cc1. The van der Waals surface area contributed by atoms with Gasteiger partial charge in [-0.3, -0.25) is 4.79 Å². The summed E-state index contributed by atoms with van der Waals surface area (Å²) in [7, 11) is 0. The van der Waals surface area contributed by atoms with E-state index in [9.17, 15) is 9.59 Å². The maximum absolute atomic E-state index is 13.0. The second-order valence-electron chi connectivity index (χ2n) is 6.65. The number of amides is 3. The van der Waals surface area contributed by atoms with Crippen molar-refractivity contribution in [2.45, 2.75) is 26.8 Å². The summed E-state index contributed by atoms with van der Waals surface area (Å²) < 4.78 is 0. The first-order chi connectivity index (χ1) is 13.5. The van der Waals surface area contributed by atoms with Gasteiger partial charge in [-0.1, -0.05) is 30.3 Å². The highest BCUT2D eigenvalue weighted by molar-refractivity contribution is 6.06. The molecule has 2 aromatic rings. The van der Waals surface area contributed by atoms with Gasteiger partial charge in [0.25, 0.3) is 5.91 Å². The second kappa shape index (κ2) is 8.61. The molecule has 3 N–H and O–H groups in total. The highest BCUT2D eigenvalue weighted by Crippen LogP contribution is 2.29. The van der Waals surface area contributed by atoms with Crippen LogP contribution < -0.4 is 20.9 Å². The first-order valence-electron chi connectivity index (χ1n) is 9.53. The van der Waals surface area contributed by atoms with E-state index in [-0.39, 0.29) is 11.9 Å². The number of carbonyl (C=O) groups excluding carboxylic acids is 2. The van der Waals surface area contributed by atoms with Crippen molar-refractivity contribution in [2.24, 2.45) is 0 Å². The van der Waals surface area contributed by atoms with E-state index in [0.29, 0.717) is 17.0 Å². The number of nitrogens with zero attached hydrogens (tertiary/aromatic N) is 1. The fourth-order valence-corrected chi connectivity index (χ4v) is 3.43. The molecule has 6 heteroatoms. The third-order valence-electron chi connectivity index (χ3n) is 4.90. The quantitative estimate of drug-likeness (QED) is 0.716. The van der Waals surface area contributed by atoms with Crippen LogP contribution >= 0.6 is 0 Å². The predicted octanol–water partition coefficient (Wildman–Crippen LogP) is 3.80. The Kier molecular flexibility index (Phi) is 5.99. The van der Waals surface area contributed by atoms with Crippen LogP contribution in [-0.4, -0.2) is 25.0 Å². The van der Waals surface area contributed by atoms with E-state index in [1.54, 1.807) is 6.92 Å². The van der Waals surface area contributed by atoms with E-state index in [1.807, 2.05) is 54.6 Å². The molecule has 0 aromatic heterocycles. The van der Waals surface area contributed by atoms with Crippen molar-refractivity contribution >= 4 is 23.3 Å². The Labute approximate surface area is 165 Å². The molecule has 146 valence electrons. The number of anilines is 2. The van der Waals surface area contributed by atoms with Crippen molar-refractivity contribution in [3.63, 3.8) is 0 Å². The Hall–Kier alpha value is -3.28. The fraction of sp³-hybridized carbons (Fsp3) is 0.273. The molecule has 0 saturated carbocycles. The summed E-state index contributed by atoms with van der Waals surface area (Å²) in [6.45, 7) is 7.81. The highest BCUT2D eigenvalue weighted by atomic mass is 16.2. The van der Waals surface area contributed by atoms with Crippen molar-refractivity contribution < 1.29 is 9.59 Å². The molecule has 1 atom stereocenters. The third-order valence-corrected chi connectivity index (χ3v) is 4.90. The average Bonchev–Trinajstić information content (AvgIpc) is 2.69. The number of carbonyl (C=O) groups is 2. The number of nitrogens with one attached hydrogen (secondary N) is 3. The lowest BCUT2D eigenvalue weighted by Crippen LogP contribution is -2.46. The smallest absolute Gasteiger partial charge is 0.319 e. The van der Waals surface area contributed by atoms with E-state index in [0.717, 1.165) is 24.3 Å². The molecule has 2 aromatic carbocycles. The molecule has 0 aliphatic carbocycles. The number of urea groups is 1. The zero-order chi connectivity index (χ0) is 20.1. The van der Waals surface area contributed by atoms with Crippen LogP contribution in [0, 0.1) is 0 Å². The zero-order valence-electron chi connectivity index (χ0n) is 16.5. The largest absolute Gasteiger partial charge is 0.372 e. The minimum atomic E-state index is -0.511. The molecular weight excluding hydrogens is 352 g/mol. The topological polar surface area (TPSA) is 73.5 Å². The number of hydrogen-bond acceptors (Lipinski definition) is 3.